The second-order valence-electron chi connectivity index (χ2n) is 4.56. The number of rotatable bonds is 3. The first-order chi connectivity index (χ1) is 8.72. The van der Waals surface area contributed by atoms with Crippen LogP contribution in [0.4, 0.5) is 4.79 Å². The Morgan fingerprint density at radius 3 is 3.06 bits per heavy atom. The number of urea groups is 1. The maximum atomic E-state index is 12.0. The minimum atomic E-state index is -0.401. The van der Waals surface area contributed by atoms with Gasteiger partial charge in [0.1, 0.15) is 6.54 Å². The number of hydrogen-bond acceptors (Lipinski definition) is 4. The fraction of sp³-hybridized carbons (Fsp3) is 0.833. The number of nitrogens with one attached hydrogen (secondary N) is 1. The molecule has 1 saturated heterocycles. The monoisotopic (exact) mass is 256 g/mol. The molecule has 2 atom stereocenters. The lowest BCUT2D eigenvalue weighted by Gasteiger charge is -2.37. The van der Waals surface area contributed by atoms with Crippen LogP contribution in [0.15, 0.2) is 0 Å². The van der Waals surface area contributed by atoms with Crippen LogP contribution in [0.2, 0.25) is 0 Å². The average molecular weight is 256 g/mol. The van der Waals surface area contributed by atoms with E-state index in [0.717, 1.165) is 19.3 Å². The van der Waals surface area contributed by atoms with Crippen molar-refractivity contribution in [1.29, 1.82) is 0 Å². The van der Waals surface area contributed by atoms with E-state index >= 15 is 0 Å². The predicted octanol–water partition coefficient (Wildman–Crippen LogP) is 0.512. The van der Waals surface area contributed by atoms with Crippen molar-refractivity contribution in [2.45, 2.75) is 38.3 Å². The van der Waals surface area contributed by atoms with Crippen LogP contribution in [-0.2, 0) is 14.3 Å². The number of morpholine rings is 1. The highest BCUT2D eigenvalue weighted by molar-refractivity contribution is 5.81. The summed E-state index contributed by atoms with van der Waals surface area (Å²) in [4.78, 5) is 25.0. The molecule has 1 aliphatic carbocycles. The van der Waals surface area contributed by atoms with Gasteiger partial charge >= 0.3 is 12.0 Å². The van der Waals surface area contributed by atoms with Gasteiger partial charge in [-0.25, -0.2) is 4.79 Å². The number of ether oxygens (including phenoxy) is 2. The van der Waals surface area contributed by atoms with Crippen molar-refractivity contribution in [2.75, 3.05) is 26.3 Å². The van der Waals surface area contributed by atoms with Crippen molar-refractivity contribution in [2.24, 2.45) is 0 Å². The standard InChI is InChI=1S/C12H20N2O4/c1-2-17-11(15)8-13-12(16)14-6-7-18-10-5-3-4-9(10)14/h9-10H,2-8H2,1H3,(H,13,16). The zero-order valence-corrected chi connectivity index (χ0v) is 10.7. The quantitative estimate of drug-likeness (QED) is 0.747. The number of esters is 1. The van der Waals surface area contributed by atoms with Gasteiger partial charge in [0.15, 0.2) is 0 Å². The predicted molar refractivity (Wildman–Crippen MR) is 64.1 cm³/mol. The van der Waals surface area contributed by atoms with E-state index in [9.17, 15) is 9.59 Å². The molecule has 0 aromatic rings. The molecule has 2 amide bonds. The third-order valence-corrected chi connectivity index (χ3v) is 3.43. The van der Waals surface area contributed by atoms with E-state index < -0.39 is 5.97 Å². The topological polar surface area (TPSA) is 67.9 Å². The molecule has 6 heteroatoms. The minimum Gasteiger partial charge on any atom is -0.465 e. The molecule has 0 spiro atoms. The summed E-state index contributed by atoms with van der Waals surface area (Å²) in [5.41, 5.74) is 0. The Kier molecular flexibility index (Phi) is 4.41. The first-order valence-electron chi connectivity index (χ1n) is 6.54. The van der Waals surface area contributed by atoms with Crippen LogP contribution in [0.1, 0.15) is 26.2 Å². The molecule has 1 aliphatic heterocycles. The fourth-order valence-corrected chi connectivity index (χ4v) is 2.64. The molecule has 0 bridgehead atoms. The number of fused-ring (bicyclic) bond motifs is 1. The Bertz CT molecular complexity index is 321. The van der Waals surface area contributed by atoms with Gasteiger partial charge in [-0.15, -0.1) is 0 Å². The summed E-state index contributed by atoms with van der Waals surface area (Å²) in [7, 11) is 0. The van der Waals surface area contributed by atoms with E-state index in [2.05, 4.69) is 5.32 Å². The maximum Gasteiger partial charge on any atom is 0.325 e. The van der Waals surface area contributed by atoms with E-state index in [1.165, 1.54) is 0 Å². The van der Waals surface area contributed by atoms with Crippen molar-refractivity contribution < 1.29 is 19.1 Å². The highest BCUT2D eigenvalue weighted by Crippen LogP contribution is 2.29. The zero-order chi connectivity index (χ0) is 13.0. The van der Waals surface area contributed by atoms with Gasteiger partial charge in [-0.3, -0.25) is 4.79 Å². The van der Waals surface area contributed by atoms with Crippen LogP contribution < -0.4 is 5.32 Å². The number of carbonyl (C=O) groups is 2. The zero-order valence-electron chi connectivity index (χ0n) is 10.7. The molecule has 0 aromatic heterocycles. The summed E-state index contributed by atoms with van der Waals surface area (Å²) >= 11 is 0. The maximum absolute atomic E-state index is 12.0. The molecule has 1 saturated carbocycles. The van der Waals surface area contributed by atoms with Gasteiger partial charge in [-0.1, -0.05) is 0 Å². The van der Waals surface area contributed by atoms with Gasteiger partial charge in [-0.2, -0.15) is 0 Å². The summed E-state index contributed by atoms with van der Waals surface area (Å²) in [5.74, 6) is -0.401. The lowest BCUT2D eigenvalue weighted by atomic mass is 10.1. The van der Waals surface area contributed by atoms with Crippen molar-refractivity contribution >= 4 is 12.0 Å². The van der Waals surface area contributed by atoms with Crippen molar-refractivity contribution in [3.8, 4) is 0 Å². The number of amides is 2. The molecule has 2 aliphatic rings. The highest BCUT2D eigenvalue weighted by Gasteiger charge is 2.38. The summed E-state index contributed by atoms with van der Waals surface area (Å²) in [5, 5.41) is 2.61. The Hall–Kier alpha value is -1.30. The molecular weight excluding hydrogens is 236 g/mol. The van der Waals surface area contributed by atoms with Crippen molar-refractivity contribution in [3.05, 3.63) is 0 Å². The van der Waals surface area contributed by atoms with Crippen LogP contribution in [0.5, 0.6) is 0 Å². The van der Waals surface area contributed by atoms with E-state index in [4.69, 9.17) is 9.47 Å². The Morgan fingerprint density at radius 1 is 1.44 bits per heavy atom. The summed E-state index contributed by atoms with van der Waals surface area (Å²) < 4.78 is 10.4. The van der Waals surface area contributed by atoms with E-state index in [0.29, 0.717) is 19.8 Å². The van der Waals surface area contributed by atoms with Gasteiger partial charge in [0.05, 0.1) is 25.4 Å². The van der Waals surface area contributed by atoms with Crippen LogP contribution in [0.25, 0.3) is 0 Å². The molecule has 0 aromatic carbocycles. The van der Waals surface area contributed by atoms with Gasteiger partial charge < -0.3 is 19.7 Å². The highest BCUT2D eigenvalue weighted by atomic mass is 16.5. The SMILES string of the molecule is CCOC(=O)CNC(=O)N1CCOC2CCCC21. The third-order valence-electron chi connectivity index (χ3n) is 3.43. The summed E-state index contributed by atoms with van der Waals surface area (Å²) in [6, 6.07) is -0.0239. The molecular formula is C12H20N2O4. The number of hydrogen-bond donors (Lipinski definition) is 1. The summed E-state index contributed by atoms with van der Waals surface area (Å²) in [6.45, 7) is 3.17. The van der Waals surface area contributed by atoms with E-state index in [-0.39, 0.29) is 24.7 Å². The Labute approximate surface area is 107 Å². The molecule has 6 nitrogen and oxygen atoms in total. The normalized spacial score (nSPS) is 26.6. The lowest BCUT2D eigenvalue weighted by molar-refractivity contribution is -0.141. The first kappa shape index (κ1) is 13.1. The third kappa shape index (κ3) is 2.93. The smallest absolute Gasteiger partial charge is 0.325 e. The second-order valence-corrected chi connectivity index (χ2v) is 4.56. The Balaban J connectivity index is 1.82. The van der Waals surface area contributed by atoms with Crippen LogP contribution in [0.3, 0.4) is 0 Å². The van der Waals surface area contributed by atoms with Crippen LogP contribution in [0, 0.1) is 0 Å². The largest absolute Gasteiger partial charge is 0.465 e. The van der Waals surface area contributed by atoms with Gasteiger partial charge in [-0.05, 0) is 26.2 Å². The second kappa shape index (κ2) is 6.04. The van der Waals surface area contributed by atoms with Crippen molar-refractivity contribution in [1.82, 2.24) is 10.2 Å². The number of carbonyl (C=O) groups excluding carboxylic acids is 2. The van der Waals surface area contributed by atoms with E-state index in [1.807, 2.05) is 0 Å². The van der Waals surface area contributed by atoms with Gasteiger partial charge in [0.2, 0.25) is 0 Å². The molecule has 2 fully saturated rings. The molecule has 0 radical (unpaired) electrons. The van der Waals surface area contributed by atoms with Gasteiger partial charge in [0, 0.05) is 6.54 Å². The fourth-order valence-electron chi connectivity index (χ4n) is 2.64. The molecule has 102 valence electrons. The van der Waals surface area contributed by atoms with Crippen molar-refractivity contribution in [3.63, 3.8) is 0 Å². The Morgan fingerprint density at radius 2 is 2.28 bits per heavy atom. The molecule has 1 N–H and O–H groups in total. The molecule has 18 heavy (non-hydrogen) atoms. The summed E-state index contributed by atoms with van der Waals surface area (Å²) in [6.07, 6.45) is 3.27. The minimum absolute atomic E-state index is 0.0680. The molecule has 2 rings (SSSR count). The molecule has 2 unspecified atom stereocenters. The number of nitrogens with zero attached hydrogens (tertiary/aromatic N) is 1. The average Bonchev–Trinajstić information content (AvgIpc) is 2.84. The first-order valence-corrected chi connectivity index (χ1v) is 6.54. The van der Waals surface area contributed by atoms with Crippen LogP contribution >= 0.6 is 0 Å². The van der Waals surface area contributed by atoms with Crippen LogP contribution in [-0.4, -0.2) is 55.3 Å². The van der Waals surface area contributed by atoms with Gasteiger partial charge in [0.25, 0.3) is 0 Å². The molecule has 1 heterocycles. The lowest BCUT2D eigenvalue weighted by Crippen LogP contribution is -2.55. The van der Waals surface area contributed by atoms with E-state index in [1.54, 1.807) is 11.8 Å².